The predicted octanol–water partition coefficient (Wildman–Crippen LogP) is 2.39. The molecule has 1 amide bonds. The van der Waals surface area contributed by atoms with Gasteiger partial charge in [0.25, 0.3) is 0 Å². The van der Waals surface area contributed by atoms with Crippen molar-refractivity contribution in [2.75, 3.05) is 13.1 Å². The number of halogens is 1. The van der Waals surface area contributed by atoms with Crippen LogP contribution in [0.3, 0.4) is 0 Å². The topological polar surface area (TPSA) is 41.1 Å². The lowest BCUT2D eigenvalue weighted by molar-refractivity contribution is -0.126. The molecule has 104 valence electrons. The summed E-state index contributed by atoms with van der Waals surface area (Å²) in [4.78, 5) is 12.1. The SMILES string of the molecule is CC(Cc1cccc(Cl)c1)NC(=O)[C@H]1CCCNC1. The summed E-state index contributed by atoms with van der Waals surface area (Å²) in [7, 11) is 0. The summed E-state index contributed by atoms with van der Waals surface area (Å²) in [6, 6.07) is 7.93. The Balaban J connectivity index is 1.83. The van der Waals surface area contributed by atoms with Gasteiger partial charge in [0.1, 0.15) is 0 Å². The first-order valence-electron chi connectivity index (χ1n) is 6.90. The van der Waals surface area contributed by atoms with Crippen LogP contribution in [0.15, 0.2) is 24.3 Å². The van der Waals surface area contributed by atoms with Gasteiger partial charge in [0, 0.05) is 17.6 Å². The van der Waals surface area contributed by atoms with E-state index in [2.05, 4.69) is 10.6 Å². The van der Waals surface area contributed by atoms with Crippen molar-refractivity contribution in [3.05, 3.63) is 34.9 Å². The van der Waals surface area contributed by atoms with Crippen LogP contribution >= 0.6 is 11.6 Å². The summed E-state index contributed by atoms with van der Waals surface area (Å²) < 4.78 is 0. The number of carbonyl (C=O) groups is 1. The molecule has 2 N–H and O–H groups in total. The van der Waals surface area contributed by atoms with Gasteiger partial charge in [-0.05, 0) is 50.4 Å². The number of nitrogens with one attached hydrogen (secondary N) is 2. The van der Waals surface area contributed by atoms with Gasteiger partial charge in [-0.15, -0.1) is 0 Å². The lowest BCUT2D eigenvalue weighted by Crippen LogP contribution is -2.44. The number of piperidine rings is 1. The van der Waals surface area contributed by atoms with Gasteiger partial charge in [-0.1, -0.05) is 23.7 Å². The van der Waals surface area contributed by atoms with Crippen LogP contribution in [0.1, 0.15) is 25.3 Å². The van der Waals surface area contributed by atoms with Gasteiger partial charge in [-0.3, -0.25) is 4.79 Å². The molecule has 2 rings (SSSR count). The molecule has 1 aliphatic rings. The Kier molecular flexibility index (Phi) is 5.23. The number of hydrogen-bond acceptors (Lipinski definition) is 2. The second-order valence-corrected chi connectivity index (χ2v) is 5.72. The zero-order valence-corrected chi connectivity index (χ0v) is 12.0. The molecule has 0 saturated carbocycles. The number of carbonyl (C=O) groups excluding carboxylic acids is 1. The van der Waals surface area contributed by atoms with Crippen molar-refractivity contribution in [3.8, 4) is 0 Å². The largest absolute Gasteiger partial charge is 0.353 e. The third-order valence-electron chi connectivity index (χ3n) is 3.49. The Labute approximate surface area is 119 Å². The second kappa shape index (κ2) is 6.92. The predicted molar refractivity (Wildman–Crippen MR) is 78.4 cm³/mol. The fourth-order valence-corrected chi connectivity index (χ4v) is 2.72. The Hall–Kier alpha value is -1.06. The van der Waals surface area contributed by atoms with Crippen LogP contribution < -0.4 is 10.6 Å². The summed E-state index contributed by atoms with van der Waals surface area (Å²) in [6.45, 7) is 3.87. The van der Waals surface area contributed by atoms with Crippen LogP contribution in [0.2, 0.25) is 5.02 Å². The molecule has 1 heterocycles. The first-order chi connectivity index (χ1) is 9.15. The summed E-state index contributed by atoms with van der Waals surface area (Å²) in [5.41, 5.74) is 1.15. The van der Waals surface area contributed by atoms with E-state index in [0.717, 1.165) is 42.9 Å². The third kappa shape index (κ3) is 4.51. The molecule has 4 heteroatoms. The van der Waals surface area contributed by atoms with Crippen molar-refractivity contribution in [1.82, 2.24) is 10.6 Å². The molecular weight excluding hydrogens is 260 g/mol. The van der Waals surface area contributed by atoms with E-state index in [9.17, 15) is 4.79 Å². The zero-order valence-electron chi connectivity index (χ0n) is 11.3. The van der Waals surface area contributed by atoms with E-state index >= 15 is 0 Å². The maximum absolute atomic E-state index is 12.1. The van der Waals surface area contributed by atoms with E-state index in [1.165, 1.54) is 0 Å². The van der Waals surface area contributed by atoms with Crippen molar-refractivity contribution in [2.24, 2.45) is 5.92 Å². The van der Waals surface area contributed by atoms with E-state index in [1.807, 2.05) is 31.2 Å². The summed E-state index contributed by atoms with van der Waals surface area (Å²) in [6.07, 6.45) is 2.88. The van der Waals surface area contributed by atoms with Crippen molar-refractivity contribution in [1.29, 1.82) is 0 Å². The minimum absolute atomic E-state index is 0.121. The number of rotatable bonds is 4. The van der Waals surface area contributed by atoms with E-state index in [-0.39, 0.29) is 17.9 Å². The third-order valence-corrected chi connectivity index (χ3v) is 3.72. The highest BCUT2D eigenvalue weighted by Crippen LogP contribution is 2.13. The minimum atomic E-state index is 0.121. The summed E-state index contributed by atoms with van der Waals surface area (Å²) in [5, 5.41) is 7.11. The highest BCUT2D eigenvalue weighted by atomic mass is 35.5. The Bertz CT molecular complexity index is 430. The number of benzene rings is 1. The molecule has 1 fully saturated rings. The molecule has 1 aromatic carbocycles. The lowest BCUT2D eigenvalue weighted by atomic mass is 9.98. The van der Waals surface area contributed by atoms with Gasteiger partial charge in [0.05, 0.1) is 5.92 Å². The standard InChI is InChI=1S/C15H21ClN2O/c1-11(8-12-4-2-6-14(16)9-12)18-15(19)13-5-3-7-17-10-13/h2,4,6,9,11,13,17H,3,5,7-8,10H2,1H3,(H,18,19)/t11?,13-/m0/s1. The van der Waals surface area contributed by atoms with Crippen LogP contribution in [0.5, 0.6) is 0 Å². The molecule has 0 spiro atoms. The zero-order chi connectivity index (χ0) is 13.7. The smallest absolute Gasteiger partial charge is 0.224 e. The molecule has 3 nitrogen and oxygen atoms in total. The maximum atomic E-state index is 12.1. The quantitative estimate of drug-likeness (QED) is 0.889. The van der Waals surface area contributed by atoms with Gasteiger partial charge in [-0.2, -0.15) is 0 Å². The monoisotopic (exact) mass is 280 g/mol. The molecule has 1 saturated heterocycles. The van der Waals surface area contributed by atoms with Gasteiger partial charge in [0.15, 0.2) is 0 Å². The first-order valence-corrected chi connectivity index (χ1v) is 7.28. The second-order valence-electron chi connectivity index (χ2n) is 5.29. The molecule has 0 bridgehead atoms. The van der Waals surface area contributed by atoms with Crippen LogP contribution in [-0.2, 0) is 11.2 Å². The van der Waals surface area contributed by atoms with Crippen LogP contribution in [0.25, 0.3) is 0 Å². The maximum Gasteiger partial charge on any atom is 0.224 e. The van der Waals surface area contributed by atoms with Crippen molar-refractivity contribution in [2.45, 2.75) is 32.2 Å². The average molecular weight is 281 g/mol. The van der Waals surface area contributed by atoms with Gasteiger partial charge >= 0.3 is 0 Å². The van der Waals surface area contributed by atoms with Crippen molar-refractivity contribution in [3.63, 3.8) is 0 Å². The van der Waals surface area contributed by atoms with E-state index in [4.69, 9.17) is 11.6 Å². The first kappa shape index (κ1) is 14.4. The van der Waals surface area contributed by atoms with Crippen molar-refractivity contribution < 1.29 is 4.79 Å². The minimum Gasteiger partial charge on any atom is -0.353 e. The summed E-state index contributed by atoms with van der Waals surface area (Å²) in [5.74, 6) is 0.289. The van der Waals surface area contributed by atoms with E-state index in [1.54, 1.807) is 0 Å². The van der Waals surface area contributed by atoms with E-state index < -0.39 is 0 Å². The fourth-order valence-electron chi connectivity index (χ4n) is 2.50. The molecule has 2 atom stereocenters. The molecular formula is C15H21ClN2O. The average Bonchev–Trinajstić information content (AvgIpc) is 2.39. The van der Waals surface area contributed by atoms with Gasteiger partial charge < -0.3 is 10.6 Å². The molecule has 19 heavy (non-hydrogen) atoms. The van der Waals surface area contributed by atoms with Gasteiger partial charge in [-0.25, -0.2) is 0 Å². The highest BCUT2D eigenvalue weighted by Gasteiger charge is 2.21. The Morgan fingerprint density at radius 3 is 3.11 bits per heavy atom. The number of amides is 1. The normalized spacial score (nSPS) is 20.8. The van der Waals surface area contributed by atoms with Crippen LogP contribution in [0, 0.1) is 5.92 Å². The fraction of sp³-hybridized carbons (Fsp3) is 0.533. The molecule has 0 aliphatic carbocycles. The molecule has 1 aliphatic heterocycles. The lowest BCUT2D eigenvalue weighted by Gasteiger charge is -2.24. The Morgan fingerprint density at radius 2 is 2.42 bits per heavy atom. The van der Waals surface area contributed by atoms with Crippen LogP contribution in [-0.4, -0.2) is 25.0 Å². The summed E-state index contributed by atoms with van der Waals surface area (Å²) >= 11 is 5.96. The molecule has 1 aromatic rings. The van der Waals surface area contributed by atoms with E-state index in [0.29, 0.717) is 0 Å². The molecule has 0 radical (unpaired) electrons. The number of hydrogen-bond donors (Lipinski definition) is 2. The molecule has 0 aromatic heterocycles. The molecule has 1 unspecified atom stereocenters. The van der Waals surface area contributed by atoms with Gasteiger partial charge in [0.2, 0.25) is 5.91 Å². The highest BCUT2D eigenvalue weighted by molar-refractivity contribution is 6.30. The van der Waals surface area contributed by atoms with Crippen LogP contribution in [0.4, 0.5) is 0 Å². The Morgan fingerprint density at radius 1 is 1.58 bits per heavy atom. The van der Waals surface area contributed by atoms with Crippen molar-refractivity contribution >= 4 is 17.5 Å².